The van der Waals surface area contributed by atoms with Crippen LogP contribution in [0.5, 0.6) is 11.5 Å². The highest BCUT2D eigenvalue weighted by atomic mass is 35.5. The van der Waals surface area contributed by atoms with Gasteiger partial charge in [-0.1, -0.05) is 29.3 Å². The molecule has 0 aliphatic carbocycles. The van der Waals surface area contributed by atoms with Gasteiger partial charge < -0.3 is 4.74 Å². The summed E-state index contributed by atoms with van der Waals surface area (Å²) >= 11 is 11.8. The molecular weight excluding hydrogens is 323 g/mol. The third-order valence-corrected chi connectivity index (χ3v) is 3.08. The zero-order valence-electron chi connectivity index (χ0n) is 10.2. The van der Waals surface area contributed by atoms with Crippen molar-refractivity contribution in [3.63, 3.8) is 0 Å². The lowest BCUT2D eigenvalue weighted by molar-refractivity contribution is -0.394. The fourth-order valence-corrected chi connectivity index (χ4v) is 2.01. The summed E-state index contributed by atoms with van der Waals surface area (Å²) in [6.07, 6.45) is 0. The van der Waals surface area contributed by atoms with Gasteiger partial charge in [0.2, 0.25) is 5.75 Å². The Hall–Kier alpha value is -2.38. The highest BCUT2D eigenvalue weighted by molar-refractivity contribution is 6.37. The van der Waals surface area contributed by atoms with Gasteiger partial charge in [0.15, 0.2) is 5.75 Å². The summed E-state index contributed by atoms with van der Waals surface area (Å²) in [4.78, 5) is 20.1. The Labute approximate surface area is 128 Å². The van der Waals surface area contributed by atoms with E-state index >= 15 is 0 Å². The van der Waals surface area contributed by atoms with Gasteiger partial charge in [0.25, 0.3) is 5.69 Å². The molecule has 9 heteroatoms. The van der Waals surface area contributed by atoms with Crippen LogP contribution in [0.15, 0.2) is 36.4 Å². The van der Waals surface area contributed by atoms with Crippen LogP contribution >= 0.6 is 23.2 Å². The monoisotopic (exact) mass is 328 g/mol. The predicted molar refractivity (Wildman–Crippen MR) is 76.3 cm³/mol. The van der Waals surface area contributed by atoms with E-state index in [9.17, 15) is 20.2 Å². The van der Waals surface area contributed by atoms with Crippen molar-refractivity contribution in [2.45, 2.75) is 0 Å². The van der Waals surface area contributed by atoms with Crippen LogP contribution in [0.1, 0.15) is 0 Å². The number of halogens is 2. The number of nitro groups is 2. The smallest absolute Gasteiger partial charge is 0.318 e. The maximum absolute atomic E-state index is 11.0. The summed E-state index contributed by atoms with van der Waals surface area (Å²) in [6.45, 7) is 0. The molecule has 0 saturated carbocycles. The Bertz CT molecular complexity index is 715. The van der Waals surface area contributed by atoms with Crippen molar-refractivity contribution in [2.24, 2.45) is 0 Å². The molecule has 0 aliphatic rings. The quantitative estimate of drug-likeness (QED) is 0.603. The molecule has 0 fully saturated rings. The van der Waals surface area contributed by atoms with Crippen LogP contribution in [0.4, 0.5) is 11.4 Å². The lowest BCUT2D eigenvalue weighted by Gasteiger charge is -2.09. The third-order valence-electron chi connectivity index (χ3n) is 2.48. The van der Waals surface area contributed by atoms with Crippen LogP contribution in [0.3, 0.4) is 0 Å². The molecule has 0 saturated heterocycles. The average Bonchev–Trinajstić information content (AvgIpc) is 2.42. The minimum atomic E-state index is -0.785. The van der Waals surface area contributed by atoms with Crippen molar-refractivity contribution in [3.8, 4) is 11.5 Å². The van der Waals surface area contributed by atoms with Gasteiger partial charge >= 0.3 is 5.69 Å². The normalized spacial score (nSPS) is 10.2. The molecule has 2 rings (SSSR count). The standard InChI is InChI=1S/C12H6Cl2N2O5/c13-8-2-1-3-9(14)12(8)21-11-5-4-7(15(17)18)6-10(11)16(19)20/h1-6H. The fourth-order valence-electron chi connectivity index (χ4n) is 1.54. The molecule has 7 nitrogen and oxygen atoms in total. The Morgan fingerprint density at radius 3 is 2.10 bits per heavy atom. The Kier molecular flexibility index (Phi) is 4.25. The summed E-state index contributed by atoms with van der Waals surface area (Å²) in [5.41, 5.74) is -0.973. The van der Waals surface area contributed by atoms with Crippen molar-refractivity contribution in [3.05, 3.63) is 66.7 Å². The molecule has 0 aliphatic heterocycles. The van der Waals surface area contributed by atoms with Crippen LogP contribution < -0.4 is 4.74 Å². The topological polar surface area (TPSA) is 95.5 Å². The van der Waals surface area contributed by atoms with Gasteiger partial charge in [0.1, 0.15) is 0 Å². The minimum Gasteiger partial charge on any atom is -0.447 e. The molecule has 0 radical (unpaired) electrons. The van der Waals surface area contributed by atoms with Gasteiger partial charge in [-0.2, -0.15) is 0 Å². The summed E-state index contributed by atoms with van der Waals surface area (Å²) < 4.78 is 5.34. The van der Waals surface area contributed by atoms with E-state index in [4.69, 9.17) is 27.9 Å². The first-order valence-corrected chi connectivity index (χ1v) is 6.20. The van der Waals surface area contributed by atoms with Crippen LogP contribution in [-0.4, -0.2) is 9.85 Å². The number of nitro benzene ring substituents is 2. The molecule has 0 N–H and O–H groups in total. The van der Waals surface area contributed by atoms with E-state index in [1.807, 2.05) is 0 Å². The van der Waals surface area contributed by atoms with Crippen molar-refractivity contribution in [2.75, 3.05) is 0 Å². The van der Waals surface area contributed by atoms with Gasteiger partial charge in [-0.3, -0.25) is 20.2 Å². The first kappa shape index (κ1) is 15.0. The third kappa shape index (κ3) is 3.21. The molecule has 108 valence electrons. The summed E-state index contributed by atoms with van der Waals surface area (Å²) in [5, 5.41) is 22.0. The van der Waals surface area contributed by atoms with Gasteiger partial charge in [0.05, 0.1) is 26.0 Å². The van der Waals surface area contributed by atoms with Gasteiger partial charge in [-0.15, -0.1) is 0 Å². The van der Waals surface area contributed by atoms with E-state index in [-0.39, 0.29) is 21.5 Å². The molecule has 21 heavy (non-hydrogen) atoms. The first-order valence-electron chi connectivity index (χ1n) is 5.45. The molecular formula is C12H6Cl2N2O5. The maximum atomic E-state index is 11.0. The van der Waals surface area contributed by atoms with Crippen LogP contribution in [0, 0.1) is 20.2 Å². The van der Waals surface area contributed by atoms with E-state index in [0.717, 1.165) is 18.2 Å². The largest absolute Gasteiger partial charge is 0.447 e. The predicted octanol–water partition coefficient (Wildman–Crippen LogP) is 4.60. The molecule has 0 bridgehead atoms. The van der Waals surface area contributed by atoms with Gasteiger partial charge in [-0.05, 0) is 18.2 Å². The first-order chi connectivity index (χ1) is 9.90. The second kappa shape index (κ2) is 5.94. The molecule has 0 amide bonds. The number of hydrogen-bond acceptors (Lipinski definition) is 5. The molecule has 0 atom stereocenters. The average molecular weight is 329 g/mol. The summed E-state index contributed by atoms with van der Waals surface area (Å²) in [7, 11) is 0. The lowest BCUT2D eigenvalue weighted by Crippen LogP contribution is -1.96. The number of non-ortho nitro benzene ring substituents is 1. The molecule has 0 unspecified atom stereocenters. The van der Waals surface area contributed by atoms with E-state index in [1.165, 1.54) is 12.1 Å². The van der Waals surface area contributed by atoms with Gasteiger partial charge in [-0.25, -0.2) is 0 Å². The summed E-state index contributed by atoms with van der Waals surface area (Å²) in [6, 6.07) is 7.60. The number of para-hydroxylation sites is 1. The second-order valence-corrected chi connectivity index (χ2v) is 4.63. The molecule has 2 aromatic carbocycles. The number of hydrogen-bond donors (Lipinski definition) is 0. The molecule has 0 spiro atoms. The maximum Gasteiger partial charge on any atom is 0.318 e. The summed E-state index contributed by atoms with van der Waals surface area (Å²) in [5.74, 6) is -0.154. The minimum absolute atomic E-state index is 0.0396. The molecule has 0 heterocycles. The van der Waals surface area contributed by atoms with E-state index in [1.54, 1.807) is 6.07 Å². The number of nitrogens with zero attached hydrogens (tertiary/aromatic N) is 2. The zero-order chi connectivity index (χ0) is 15.6. The lowest BCUT2D eigenvalue weighted by atomic mass is 10.2. The number of benzene rings is 2. The molecule has 2 aromatic rings. The van der Waals surface area contributed by atoms with Crippen molar-refractivity contribution in [1.29, 1.82) is 0 Å². The second-order valence-electron chi connectivity index (χ2n) is 3.82. The van der Waals surface area contributed by atoms with Crippen molar-refractivity contribution >= 4 is 34.6 Å². The van der Waals surface area contributed by atoms with E-state index in [2.05, 4.69) is 0 Å². The van der Waals surface area contributed by atoms with E-state index in [0.29, 0.717) is 0 Å². The fraction of sp³-hybridized carbons (Fsp3) is 0. The Morgan fingerprint density at radius 1 is 0.952 bits per heavy atom. The van der Waals surface area contributed by atoms with Crippen LogP contribution in [-0.2, 0) is 0 Å². The Morgan fingerprint density at radius 2 is 1.57 bits per heavy atom. The SMILES string of the molecule is O=[N+]([O-])c1ccc(Oc2c(Cl)cccc2Cl)c([N+](=O)[O-])c1. The zero-order valence-corrected chi connectivity index (χ0v) is 11.7. The van der Waals surface area contributed by atoms with Crippen LogP contribution in [0.25, 0.3) is 0 Å². The highest BCUT2D eigenvalue weighted by Gasteiger charge is 2.22. The van der Waals surface area contributed by atoms with Crippen molar-refractivity contribution in [1.82, 2.24) is 0 Å². The van der Waals surface area contributed by atoms with Crippen molar-refractivity contribution < 1.29 is 14.6 Å². The van der Waals surface area contributed by atoms with Gasteiger partial charge in [0, 0.05) is 6.07 Å². The molecule has 0 aromatic heterocycles. The Balaban J connectivity index is 2.49. The number of rotatable bonds is 4. The highest BCUT2D eigenvalue weighted by Crippen LogP contribution is 2.40. The van der Waals surface area contributed by atoms with Crippen LogP contribution in [0.2, 0.25) is 10.0 Å². The van der Waals surface area contributed by atoms with E-state index < -0.39 is 21.2 Å². The number of ether oxygens (including phenoxy) is 1.